The molecule has 0 bridgehead atoms. The lowest BCUT2D eigenvalue weighted by Gasteiger charge is -2.30. The van der Waals surface area contributed by atoms with Crippen LogP contribution >= 0.6 is 0 Å². The average molecular weight is 422 g/mol. The second-order valence-electron chi connectivity index (χ2n) is 7.78. The van der Waals surface area contributed by atoms with Crippen LogP contribution in [-0.2, 0) is 7.05 Å². The molecule has 158 valence electrons. The summed E-state index contributed by atoms with van der Waals surface area (Å²) in [6.07, 6.45) is 3.02. The zero-order valence-corrected chi connectivity index (χ0v) is 16.9. The maximum atomic E-state index is 14.3. The molecule has 2 aromatic carbocycles. The van der Waals surface area contributed by atoms with E-state index < -0.39 is 11.6 Å². The molecule has 0 spiro atoms. The van der Waals surface area contributed by atoms with Crippen LogP contribution in [0.1, 0.15) is 35.0 Å². The zero-order valence-electron chi connectivity index (χ0n) is 16.9. The van der Waals surface area contributed by atoms with Crippen molar-refractivity contribution in [2.24, 2.45) is 7.05 Å². The maximum absolute atomic E-state index is 14.3. The number of amides is 1. The summed E-state index contributed by atoms with van der Waals surface area (Å²) in [5.41, 5.74) is 2.21. The molecule has 1 saturated heterocycles. The number of nitrogens with zero attached hydrogens (tertiary/aromatic N) is 4. The van der Waals surface area contributed by atoms with E-state index in [9.17, 15) is 13.6 Å². The molecule has 31 heavy (non-hydrogen) atoms. The summed E-state index contributed by atoms with van der Waals surface area (Å²) in [6.45, 7) is 1.06. The summed E-state index contributed by atoms with van der Waals surface area (Å²) in [6, 6.07) is 10.9. The Morgan fingerprint density at radius 3 is 2.65 bits per heavy atom. The lowest BCUT2D eigenvalue weighted by atomic mass is 9.96. The third-order valence-corrected chi connectivity index (χ3v) is 5.69. The van der Waals surface area contributed by atoms with Crippen LogP contribution in [0.3, 0.4) is 0 Å². The number of oxazole rings is 1. The molecule has 0 radical (unpaired) electrons. The lowest BCUT2D eigenvalue weighted by molar-refractivity contribution is 0.0707. The molecule has 0 aliphatic carbocycles. The van der Waals surface area contributed by atoms with Crippen LogP contribution in [0, 0.1) is 11.6 Å². The Morgan fingerprint density at radius 2 is 1.90 bits per heavy atom. The number of rotatable bonds is 3. The molecule has 2 aromatic heterocycles. The van der Waals surface area contributed by atoms with E-state index in [4.69, 9.17) is 4.42 Å². The zero-order chi connectivity index (χ0) is 21.5. The molecule has 1 amide bonds. The van der Waals surface area contributed by atoms with Crippen molar-refractivity contribution in [3.63, 3.8) is 0 Å². The van der Waals surface area contributed by atoms with Gasteiger partial charge in [0, 0.05) is 43.9 Å². The van der Waals surface area contributed by atoms with Gasteiger partial charge in [0.25, 0.3) is 5.91 Å². The van der Waals surface area contributed by atoms with Gasteiger partial charge in [-0.05, 0) is 37.1 Å². The van der Waals surface area contributed by atoms with Gasteiger partial charge in [0.05, 0.1) is 5.56 Å². The minimum absolute atomic E-state index is 0.103. The van der Waals surface area contributed by atoms with Crippen molar-refractivity contribution >= 4 is 17.0 Å². The summed E-state index contributed by atoms with van der Waals surface area (Å²) in [5.74, 6) is -0.806. The van der Waals surface area contributed by atoms with E-state index in [1.54, 1.807) is 18.1 Å². The van der Waals surface area contributed by atoms with E-state index in [1.165, 1.54) is 10.7 Å². The first-order chi connectivity index (χ1) is 15.0. The Labute approximate surface area is 177 Å². The number of carbonyl (C=O) groups is 1. The predicted octanol–water partition coefficient (Wildman–Crippen LogP) is 4.53. The molecule has 0 saturated carbocycles. The van der Waals surface area contributed by atoms with Crippen LogP contribution < -0.4 is 0 Å². The molecule has 0 unspecified atom stereocenters. The van der Waals surface area contributed by atoms with E-state index in [2.05, 4.69) is 10.1 Å². The Morgan fingerprint density at radius 1 is 1.13 bits per heavy atom. The normalized spacial score (nSPS) is 15.0. The van der Waals surface area contributed by atoms with Crippen LogP contribution in [-0.4, -0.2) is 38.7 Å². The van der Waals surface area contributed by atoms with Gasteiger partial charge in [0.1, 0.15) is 22.8 Å². The molecular weight excluding hydrogens is 402 g/mol. The Bertz CT molecular complexity index is 1240. The molecule has 8 heteroatoms. The van der Waals surface area contributed by atoms with E-state index in [0.29, 0.717) is 24.5 Å². The quantitative estimate of drug-likeness (QED) is 0.487. The number of fused-ring (bicyclic) bond motifs is 1. The highest BCUT2D eigenvalue weighted by Crippen LogP contribution is 2.32. The SMILES string of the molecule is Cn1cc(C(=O)N2CCC(c3nc4ccccc4o3)CC2)c(-c2ccc(F)cc2F)n1. The summed E-state index contributed by atoms with van der Waals surface area (Å²) in [7, 11) is 1.67. The summed E-state index contributed by atoms with van der Waals surface area (Å²) in [5, 5.41) is 4.26. The van der Waals surface area contributed by atoms with Crippen LogP contribution in [0.5, 0.6) is 0 Å². The summed E-state index contributed by atoms with van der Waals surface area (Å²) >= 11 is 0. The van der Waals surface area contributed by atoms with Gasteiger partial charge in [-0.1, -0.05) is 12.1 Å². The third-order valence-electron chi connectivity index (χ3n) is 5.69. The highest BCUT2D eigenvalue weighted by atomic mass is 19.1. The molecule has 1 aliphatic heterocycles. The van der Waals surface area contributed by atoms with Gasteiger partial charge < -0.3 is 9.32 Å². The van der Waals surface area contributed by atoms with Gasteiger partial charge in [-0.2, -0.15) is 5.10 Å². The number of hydrogen-bond donors (Lipinski definition) is 0. The van der Waals surface area contributed by atoms with Crippen molar-refractivity contribution in [2.75, 3.05) is 13.1 Å². The number of likely N-dealkylation sites (tertiary alicyclic amines) is 1. The number of benzene rings is 2. The number of aromatic nitrogens is 3. The van der Waals surface area contributed by atoms with Crippen molar-refractivity contribution in [2.45, 2.75) is 18.8 Å². The smallest absolute Gasteiger partial charge is 0.257 e. The van der Waals surface area contributed by atoms with Gasteiger partial charge in [-0.15, -0.1) is 0 Å². The Balaban J connectivity index is 1.35. The molecule has 5 rings (SSSR count). The van der Waals surface area contributed by atoms with E-state index in [1.807, 2.05) is 24.3 Å². The molecule has 3 heterocycles. The van der Waals surface area contributed by atoms with E-state index in [0.717, 1.165) is 36.1 Å². The molecule has 6 nitrogen and oxygen atoms in total. The predicted molar refractivity (Wildman–Crippen MR) is 110 cm³/mol. The largest absolute Gasteiger partial charge is 0.440 e. The van der Waals surface area contributed by atoms with Crippen LogP contribution in [0.2, 0.25) is 0 Å². The van der Waals surface area contributed by atoms with Crippen LogP contribution in [0.15, 0.2) is 53.1 Å². The fourth-order valence-electron chi connectivity index (χ4n) is 4.09. The maximum Gasteiger partial charge on any atom is 0.257 e. The van der Waals surface area contributed by atoms with E-state index in [-0.39, 0.29) is 23.1 Å². The van der Waals surface area contributed by atoms with Gasteiger partial charge >= 0.3 is 0 Å². The molecule has 0 N–H and O–H groups in total. The highest BCUT2D eigenvalue weighted by Gasteiger charge is 2.30. The standard InChI is InChI=1S/C23H20F2N4O2/c1-28-13-17(21(27-28)16-7-6-15(24)12-18(16)25)23(30)29-10-8-14(9-11-29)22-26-19-4-2-3-5-20(19)31-22/h2-7,12-14H,8-11H2,1H3. The van der Waals surface area contributed by atoms with Crippen molar-refractivity contribution in [1.82, 2.24) is 19.7 Å². The second-order valence-corrected chi connectivity index (χ2v) is 7.78. The lowest BCUT2D eigenvalue weighted by Crippen LogP contribution is -2.38. The van der Waals surface area contributed by atoms with Gasteiger partial charge in [-0.25, -0.2) is 13.8 Å². The molecule has 4 aromatic rings. The van der Waals surface area contributed by atoms with Crippen LogP contribution in [0.25, 0.3) is 22.4 Å². The van der Waals surface area contributed by atoms with Gasteiger partial charge in [0.2, 0.25) is 0 Å². The topological polar surface area (TPSA) is 64.2 Å². The summed E-state index contributed by atoms with van der Waals surface area (Å²) < 4.78 is 35.0. The molecule has 1 fully saturated rings. The number of halogens is 2. The number of para-hydroxylation sites is 2. The Kier molecular flexibility index (Phi) is 4.77. The van der Waals surface area contributed by atoms with Crippen molar-refractivity contribution < 1.29 is 18.0 Å². The summed E-state index contributed by atoms with van der Waals surface area (Å²) in [4.78, 5) is 19.5. The van der Waals surface area contributed by atoms with E-state index >= 15 is 0 Å². The monoisotopic (exact) mass is 422 g/mol. The minimum atomic E-state index is -0.748. The molecule has 0 atom stereocenters. The fraction of sp³-hybridized carbons (Fsp3) is 0.261. The van der Waals surface area contributed by atoms with Crippen molar-refractivity contribution in [3.05, 3.63) is 71.8 Å². The van der Waals surface area contributed by atoms with Gasteiger partial charge in [-0.3, -0.25) is 9.48 Å². The molecule has 1 aliphatic rings. The average Bonchev–Trinajstić information content (AvgIpc) is 3.37. The first-order valence-electron chi connectivity index (χ1n) is 10.1. The van der Waals surface area contributed by atoms with Crippen LogP contribution in [0.4, 0.5) is 8.78 Å². The number of hydrogen-bond acceptors (Lipinski definition) is 4. The van der Waals surface area contributed by atoms with Crippen molar-refractivity contribution in [3.8, 4) is 11.3 Å². The number of aryl methyl sites for hydroxylation is 1. The first-order valence-corrected chi connectivity index (χ1v) is 10.1. The third kappa shape index (κ3) is 3.58. The minimum Gasteiger partial charge on any atom is -0.440 e. The Hall–Kier alpha value is -3.55. The number of piperidine rings is 1. The first kappa shape index (κ1) is 19.4. The highest BCUT2D eigenvalue weighted by molar-refractivity contribution is 6.00. The fourth-order valence-corrected chi connectivity index (χ4v) is 4.09. The second kappa shape index (κ2) is 7.61. The molecular formula is C23H20F2N4O2. The number of carbonyl (C=O) groups excluding carboxylic acids is 1. The van der Waals surface area contributed by atoms with Crippen molar-refractivity contribution in [1.29, 1.82) is 0 Å². The van der Waals surface area contributed by atoms with Gasteiger partial charge in [0.15, 0.2) is 11.5 Å².